The second kappa shape index (κ2) is 7.30. The Morgan fingerprint density at radius 1 is 1.10 bits per heavy atom. The molecule has 0 heterocycles. The van der Waals surface area contributed by atoms with Crippen molar-refractivity contribution in [3.8, 4) is 0 Å². The third-order valence-corrected chi connectivity index (χ3v) is 3.38. The molecule has 0 aromatic heterocycles. The van der Waals surface area contributed by atoms with Crippen LogP contribution >= 0.6 is 0 Å². The number of fused-ring (bicyclic) bond motifs is 1. The van der Waals surface area contributed by atoms with E-state index in [-0.39, 0.29) is 0 Å². The van der Waals surface area contributed by atoms with Gasteiger partial charge in [0.2, 0.25) is 0 Å². The topological polar surface area (TPSA) is 12.0 Å². The molecule has 2 rings (SSSR count). The first-order chi connectivity index (χ1) is 10.3. The van der Waals surface area contributed by atoms with E-state index >= 15 is 0 Å². The van der Waals surface area contributed by atoms with E-state index in [1.807, 2.05) is 25.4 Å². The Morgan fingerprint density at radius 3 is 2.62 bits per heavy atom. The molecule has 1 N–H and O–H groups in total. The second-order valence-electron chi connectivity index (χ2n) is 4.88. The minimum absolute atomic E-state index is 1.15. The van der Waals surface area contributed by atoms with Gasteiger partial charge in [0.1, 0.15) is 0 Å². The summed E-state index contributed by atoms with van der Waals surface area (Å²) in [5, 5.41) is 5.56. The van der Waals surface area contributed by atoms with Crippen LogP contribution in [0, 0.1) is 0 Å². The maximum Gasteiger partial charge on any atom is 0.00277 e. The van der Waals surface area contributed by atoms with Crippen molar-refractivity contribution in [3.05, 3.63) is 90.2 Å². The molecule has 1 heteroatoms. The van der Waals surface area contributed by atoms with Crippen LogP contribution in [0.15, 0.2) is 84.6 Å². The molecule has 0 aliphatic carbocycles. The smallest absolute Gasteiger partial charge is 0.00277 e. The van der Waals surface area contributed by atoms with Crippen molar-refractivity contribution in [2.75, 3.05) is 7.05 Å². The van der Waals surface area contributed by atoms with Gasteiger partial charge in [0.15, 0.2) is 0 Å². The van der Waals surface area contributed by atoms with Crippen LogP contribution in [0.3, 0.4) is 0 Å². The van der Waals surface area contributed by atoms with Crippen molar-refractivity contribution < 1.29 is 0 Å². The fourth-order valence-electron chi connectivity index (χ4n) is 2.31. The van der Waals surface area contributed by atoms with Gasteiger partial charge in [-0.2, -0.15) is 0 Å². The van der Waals surface area contributed by atoms with Crippen LogP contribution < -0.4 is 5.32 Å². The van der Waals surface area contributed by atoms with Crippen LogP contribution in [0.25, 0.3) is 16.8 Å². The highest BCUT2D eigenvalue weighted by atomic mass is 14.8. The molecule has 1 nitrogen and oxygen atoms in total. The van der Waals surface area contributed by atoms with Crippen LogP contribution in [0.2, 0.25) is 0 Å². The molecule has 2 aromatic carbocycles. The van der Waals surface area contributed by atoms with Crippen LogP contribution in [-0.4, -0.2) is 7.05 Å². The van der Waals surface area contributed by atoms with Crippen molar-refractivity contribution in [1.82, 2.24) is 5.32 Å². The highest BCUT2D eigenvalue weighted by molar-refractivity contribution is 5.91. The van der Waals surface area contributed by atoms with Gasteiger partial charge in [0.25, 0.3) is 0 Å². The highest BCUT2D eigenvalue weighted by Crippen LogP contribution is 2.23. The molecule has 106 valence electrons. The van der Waals surface area contributed by atoms with E-state index in [2.05, 4.69) is 73.4 Å². The summed E-state index contributed by atoms with van der Waals surface area (Å²) in [6.07, 6.45) is 10.0. The summed E-state index contributed by atoms with van der Waals surface area (Å²) in [4.78, 5) is 0. The van der Waals surface area contributed by atoms with Gasteiger partial charge in [-0.25, -0.2) is 0 Å². The van der Waals surface area contributed by atoms with Crippen LogP contribution in [-0.2, 0) is 0 Å². The Bertz CT molecular complexity index is 712. The molecule has 0 aliphatic heterocycles. The Hall–Kier alpha value is -2.54. The Morgan fingerprint density at radius 2 is 1.86 bits per heavy atom. The van der Waals surface area contributed by atoms with Crippen molar-refractivity contribution in [1.29, 1.82) is 0 Å². The molecule has 2 aromatic rings. The van der Waals surface area contributed by atoms with Gasteiger partial charge < -0.3 is 5.32 Å². The van der Waals surface area contributed by atoms with Gasteiger partial charge in [-0.15, -0.1) is 0 Å². The number of hydrogen-bond acceptors (Lipinski definition) is 1. The zero-order valence-electron chi connectivity index (χ0n) is 12.6. The lowest BCUT2D eigenvalue weighted by molar-refractivity contribution is 1.10. The molecular formula is C20H21N. The van der Waals surface area contributed by atoms with E-state index < -0.39 is 0 Å². The van der Waals surface area contributed by atoms with Crippen molar-refractivity contribution in [3.63, 3.8) is 0 Å². The summed E-state index contributed by atoms with van der Waals surface area (Å²) in [7, 11) is 1.89. The lowest BCUT2D eigenvalue weighted by atomic mass is 9.99. The molecular weight excluding hydrogens is 254 g/mol. The van der Waals surface area contributed by atoms with Crippen LogP contribution in [0.4, 0.5) is 0 Å². The Kier molecular flexibility index (Phi) is 5.16. The van der Waals surface area contributed by atoms with Crippen LogP contribution in [0.1, 0.15) is 12.5 Å². The fourth-order valence-corrected chi connectivity index (χ4v) is 2.31. The van der Waals surface area contributed by atoms with Crippen LogP contribution in [0.5, 0.6) is 0 Å². The van der Waals surface area contributed by atoms with E-state index in [4.69, 9.17) is 0 Å². The molecule has 0 atom stereocenters. The van der Waals surface area contributed by atoms with Crippen molar-refractivity contribution in [2.24, 2.45) is 0 Å². The normalized spacial score (nSPS) is 12.9. The number of nitrogens with one attached hydrogen (secondary N) is 1. The minimum atomic E-state index is 1.15. The maximum absolute atomic E-state index is 3.79. The third-order valence-electron chi connectivity index (χ3n) is 3.38. The lowest BCUT2D eigenvalue weighted by Crippen LogP contribution is -1.92. The predicted octanol–water partition coefficient (Wildman–Crippen LogP) is 5.09. The molecule has 21 heavy (non-hydrogen) atoms. The monoisotopic (exact) mass is 275 g/mol. The standard InChI is InChI=1S/C20H21N/c1-4-8-17(13-14-21-3)16(2)15-19-11-7-10-18-9-5-6-12-20(18)19/h4-15,21H,1H2,2-3H3/b14-13-,16-15-,17-8+. The summed E-state index contributed by atoms with van der Waals surface area (Å²) in [6.45, 7) is 5.91. The average Bonchev–Trinajstić information content (AvgIpc) is 2.51. The number of allylic oxidation sites excluding steroid dienone is 5. The molecule has 0 amide bonds. The van der Waals surface area contributed by atoms with Gasteiger partial charge in [-0.1, -0.05) is 67.3 Å². The third kappa shape index (κ3) is 3.73. The van der Waals surface area contributed by atoms with Gasteiger partial charge in [0.05, 0.1) is 0 Å². The first-order valence-corrected chi connectivity index (χ1v) is 7.09. The average molecular weight is 275 g/mol. The number of benzene rings is 2. The van der Waals surface area contributed by atoms with Gasteiger partial charge in [0, 0.05) is 7.05 Å². The molecule has 0 fully saturated rings. The van der Waals surface area contributed by atoms with E-state index in [1.165, 1.54) is 21.9 Å². The molecule has 0 spiro atoms. The number of rotatable bonds is 5. The first-order valence-electron chi connectivity index (χ1n) is 7.09. The maximum atomic E-state index is 3.79. The zero-order chi connectivity index (χ0) is 15.1. The SMILES string of the molecule is C=C/C=C(\C=C/NC)C(/C)=C\c1cccc2ccccc12. The highest BCUT2D eigenvalue weighted by Gasteiger charge is 2.00. The van der Waals surface area contributed by atoms with Gasteiger partial charge in [-0.05, 0) is 46.7 Å². The summed E-state index contributed by atoms with van der Waals surface area (Å²) < 4.78 is 0. The van der Waals surface area contributed by atoms with E-state index in [0.29, 0.717) is 0 Å². The Balaban J connectivity index is 2.47. The molecule has 0 saturated carbocycles. The molecule has 0 saturated heterocycles. The van der Waals surface area contributed by atoms with Gasteiger partial charge >= 0.3 is 0 Å². The minimum Gasteiger partial charge on any atom is -0.394 e. The number of hydrogen-bond donors (Lipinski definition) is 1. The molecule has 0 aliphatic rings. The summed E-state index contributed by atoms with van der Waals surface area (Å²) in [5.41, 5.74) is 3.59. The fraction of sp³-hybridized carbons (Fsp3) is 0.100. The summed E-state index contributed by atoms with van der Waals surface area (Å²) in [6, 6.07) is 14.8. The van der Waals surface area contributed by atoms with E-state index in [0.717, 1.165) is 5.57 Å². The zero-order valence-corrected chi connectivity index (χ0v) is 12.6. The van der Waals surface area contributed by atoms with E-state index in [9.17, 15) is 0 Å². The molecule has 0 bridgehead atoms. The quantitative estimate of drug-likeness (QED) is 0.750. The molecule has 0 radical (unpaired) electrons. The van der Waals surface area contributed by atoms with E-state index in [1.54, 1.807) is 0 Å². The second-order valence-corrected chi connectivity index (χ2v) is 4.88. The van der Waals surface area contributed by atoms with Crippen molar-refractivity contribution >= 4 is 16.8 Å². The summed E-state index contributed by atoms with van der Waals surface area (Å²) >= 11 is 0. The lowest BCUT2D eigenvalue weighted by Gasteiger charge is -2.06. The van der Waals surface area contributed by atoms with Gasteiger partial charge in [-0.3, -0.25) is 0 Å². The molecule has 0 unspecified atom stereocenters. The summed E-state index contributed by atoms with van der Waals surface area (Å²) in [5.74, 6) is 0. The first kappa shape index (κ1) is 14.9. The predicted molar refractivity (Wildman–Crippen MR) is 94.1 cm³/mol. The van der Waals surface area contributed by atoms with Crippen molar-refractivity contribution in [2.45, 2.75) is 6.92 Å². The largest absolute Gasteiger partial charge is 0.394 e. The Labute approximate surface area is 127 Å².